The second-order valence-electron chi connectivity index (χ2n) is 5.69. The van der Waals surface area contributed by atoms with Crippen LogP contribution < -0.4 is 5.32 Å². The zero-order valence-corrected chi connectivity index (χ0v) is 14.5. The van der Waals surface area contributed by atoms with E-state index in [0.29, 0.717) is 17.9 Å². The molecule has 24 heavy (non-hydrogen) atoms. The highest BCUT2D eigenvalue weighted by atomic mass is 32.1. The Morgan fingerprint density at radius 1 is 1.29 bits per heavy atom. The third kappa shape index (κ3) is 3.55. The van der Waals surface area contributed by atoms with E-state index < -0.39 is 0 Å². The van der Waals surface area contributed by atoms with Gasteiger partial charge in [0.1, 0.15) is 5.82 Å². The summed E-state index contributed by atoms with van der Waals surface area (Å²) < 4.78 is 0. The predicted octanol–water partition coefficient (Wildman–Crippen LogP) is 3.17. The first-order valence-electron chi connectivity index (χ1n) is 7.73. The molecule has 2 aromatic heterocycles. The number of nitrogens with zero attached hydrogens (tertiary/aromatic N) is 2. The van der Waals surface area contributed by atoms with Crippen LogP contribution in [0.1, 0.15) is 21.3 Å². The Morgan fingerprint density at radius 3 is 2.79 bits per heavy atom. The van der Waals surface area contributed by atoms with E-state index in [2.05, 4.69) is 31.6 Å². The quantitative estimate of drug-likeness (QED) is 0.724. The number of nitrogens with one attached hydrogen (secondary N) is 2. The van der Waals surface area contributed by atoms with E-state index in [1.165, 1.54) is 4.88 Å². The molecular formula is C18H20N4OS. The van der Waals surface area contributed by atoms with Gasteiger partial charge in [0, 0.05) is 29.4 Å². The number of H-pyrrole nitrogens is 1. The summed E-state index contributed by atoms with van der Waals surface area (Å²) in [6.45, 7) is 0.554. The Bertz CT molecular complexity index is 781. The molecular weight excluding hydrogens is 320 g/mol. The van der Waals surface area contributed by atoms with Crippen LogP contribution in [0.2, 0.25) is 0 Å². The number of thiophene rings is 1. The maximum atomic E-state index is 12.7. The number of carbonyl (C=O) groups excluding carboxylic acids is 1. The number of hydrogen-bond donors (Lipinski definition) is 2. The number of carbonyl (C=O) groups is 1. The summed E-state index contributed by atoms with van der Waals surface area (Å²) in [6, 6.07) is 11.8. The molecule has 0 bridgehead atoms. The third-order valence-electron chi connectivity index (χ3n) is 3.88. The first-order valence-corrected chi connectivity index (χ1v) is 8.61. The lowest BCUT2D eigenvalue weighted by molar-refractivity contribution is 0.0943. The Morgan fingerprint density at radius 2 is 2.12 bits per heavy atom. The molecule has 5 nitrogen and oxygen atoms in total. The van der Waals surface area contributed by atoms with Gasteiger partial charge in [0.15, 0.2) is 0 Å². The second kappa shape index (κ2) is 7.42. The second-order valence-corrected chi connectivity index (χ2v) is 6.67. The maximum absolute atomic E-state index is 12.7. The van der Waals surface area contributed by atoms with Gasteiger partial charge >= 0.3 is 0 Å². The van der Waals surface area contributed by atoms with Crippen molar-refractivity contribution in [3.05, 3.63) is 64.6 Å². The molecule has 0 unspecified atom stereocenters. The average Bonchev–Trinajstić information content (AvgIpc) is 3.28. The zero-order valence-electron chi connectivity index (χ0n) is 13.7. The van der Waals surface area contributed by atoms with E-state index in [0.717, 1.165) is 5.56 Å². The molecule has 6 heteroatoms. The summed E-state index contributed by atoms with van der Waals surface area (Å²) >= 11 is 1.70. The number of amides is 1. The number of likely N-dealkylation sites (N-methyl/N-ethyl adjacent to an activating group) is 1. The fourth-order valence-electron chi connectivity index (χ4n) is 2.60. The third-order valence-corrected chi connectivity index (χ3v) is 4.85. The molecule has 124 valence electrons. The lowest BCUT2D eigenvalue weighted by Gasteiger charge is -2.23. The largest absolute Gasteiger partial charge is 0.350 e. The summed E-state index contributed by atoms with van der Waals surface area (Å²) in [5.74, 6) is 0.605. The van der Waals surface area contributed by atoms with Crippen molar-refractivity contribution in [3.63, 3.8) is 0 Å². The SMILES string of the molecule is CN(C)[C@@H](CNC(=O)c1ccccc1-c1ncc[nH]1)c1cccs1. The van der Waals surface area contributed by atoms with E-state index in [1.54, 1.807) is 23.7 Å². The Hall–Kier alpha value is -2.44. The van der Waals surface area contributed by atoms with Gasteiger partial charge in [-0.15, -0.1) is 11.3 Å². The molecule has 0 aliphatic rings. The van der Waals surface area contributed by atoms with E-state index in [4.69, 9.17) is 0 Å². The maximum Gasteiger partial charge on any atom is 0.252 e. The van der Waals surface area contributed by atoms with Gasteiger partial charge in [0.25, 0.3) is 5.91 Å². The van der Waals surface area contributed by atoms with E-state index >= 15 is 0 Å². The van der Waals surface area contributed by atoms with Crippen molar-refractivity contribution in [2.24, 2.45) is 0 Å². The van der Waals surface area contributed by atoms with E-state index in [1.807, 2.05) is 44.4 Å². The minimum atomic E-state index is -0.0922. The van der Waals surface area contributed by atoms with Crippen molar-refractivity contribution < 1.29 is 4.79 Å². The molecule has 0 spiro atoms. The molecule has 0 aliphatic heterocycles. The first kappa shape index (κ1) is 16.4. The number of imidazole rings is 1. The predicted molar refractivity (Wildman–Crippen MR) is 97.1 cm³/mol. The molecule has 2 N–H and O–H groups in total. The number of aromatic nitrogens is 2. The minimum Gasteiger partial charge on any atom is -0.350 e. The fraction of sp³-hybridized carbons (Fsp3) is 0.222. The molecule has 1 aromatic carbocycles. The topological polar surface area (TPSA) is 61.0 Å². The molecule has 0 radical (unpaired) electrons. The van der Waals surface area contributed by atoms with Crippen molar-refractivity contribution in [3.8, 4) is 11.4 Å². The molecule has 0 aliphatic carbocycles. The lowest BCUT2D eigenvalue weighted by atomic mass is 10.1. The van der Waals surface area contributed by atoms with Crippen LogP contribution in [0.3, 0.4) is 0 Å². The Labute approximate surface area is 145 Å². The van der Waals surface area contributed by atoms with Crippen molar-refractivity contribution in [1.29, 1.82) is 0 Å². The summed E-state index contributed by atoms with van der Waals surface area (Å²) in [7, 11) is 4.04. The highest BCUT2D eigenvalue weighted by Crippen LogP contribution is 2.23. The molecule has 0 saturated carbocycles. The van der Waals surface area contributed by atoms with Gasteiger partial charge in [-0.05, 0) is 31.6 Å². The molecule has 0 saturated heterocycles. The number of aromatic amines is 1. The Balaban J connectivity index is 1.76. The molecule has 3 aromatic rings. The summed E-state index contributed by atoms with van der Waals surface area (Å²) in [5, 5.41) is 5.11. The number of benzene rings is 1. The Kier molecular flexibility index (Phi) is 5.08. The van der Waals surface area contributed by atoms with Gasteiger partial charge in [-0.1, -0.05) is 24.3 Å². The van der Waals surface area contributed by atoms with Crippen LogP contribution in [0.4, 0.5) is 0 Å². The van der Waals surface area contributed by atoms with Gasteiger partial charge in [-0.25, -0.2) is 4.98 Å². The summed E-state index contributed by atoms with van der Waals surface area (Å²) in [6.07, 6.45) is 3.44. The summed E-state index contributed by atoms with van der Waals surface area (Å²) in [4.78, 5) is 23.3. The molecule has 2 heterocycles. The zero-order chi connectivity index (χ0) is 16.9. The van der Waals surface area contributed by atoms with Crippen molar-refractivity contribution >= 4 is 17.2 Å². The standard InChI is InChI=1S/C18H20N4OS/c1-22(2)15(16-8-5-11-24-16)12-21-18(23)14-7-4-3-6-13(14)17-19-9-10-20-17/h3-11,15H,12H2,1-2H3,(H,19,20)(H,21,23)/t15-/m0/s1. The normalized spacial score (nSPS) is 12.3. The van der Waals surface area contributed by atoms with Crippen LogP contribution in [0, 0.1) is 0 Å². The van der Waals surface area contributed by atoms with Crippen molar-refractivity contribution in [2.75, 3.05) is 20.6 Å². The van der Waals surface area contributed by atoms with Crippen molar-refractivity contribution in [1.82, 2.24) is 20.2 Å². The van der Waals surface area contributed by atoms with Gasteiger partial charge in [-0.3, -0.25) is 4.79 Å². The van der Waals surface area contributed by atoms with E-state index in [9.17, 15) is 4.79 Å². The fourth-order valence-corrected chi connectivity index (χ4v) is 3.53. The van der Waals surface area contributed by atoms with E-state index in [-0.39, 0.29) is 11.9 Å². The van der Waals surface area contributed by atoms with Crippen LogP contribution in [-0.4, -0.2) is 41.4 Å². The van der Waals surface area contributed by atoms with Gasteiger partial charge < -0.3 is 15.2 Å². The smallest absolute Gasteiger partial charge is 0.252 e. The first-order chi connectivity index (χ1) is 11.7. The van der Waals surface area contributed by atoms with Gasteiger partial charge in [0.05, 0.1) is 11.6 Å². The van der Waals surface area contributed by atoms with Crippen LogP contribution in [0.25, 0.3) is 11.4 Å². The van der Waals surface area contributed by atoms with Crippen LogP contribution >= 0.6 is 11.3 Å². The van der Waals surface area contributed by atoms with Crippen LogP contribution in [0.5, 0.6) is 0 Å². The van der Waals surface area contributed by atoms with Gasteiger partial charge in [0.2, 0.25) is 0 Å². The number of rotatable bonds is 6. The summed E-state index contributed by atoms with van der Waals surface area (Å²) in [5.41, 5.74) is 1.42. The molecule has 3 rings (SSSR count). The highest BCUT2D eigenvalue weighted by Gasteiger charge is 2.18. The average molecular weight is 340 g/mol. The minimum absolute atomic E-state index is 0.0922. The van der Waals surface area contributed by atoms with Crippen LogP contribution in [-0.2, 0) is 0 Å². The van der Waals surface area contributed by atoms with Crippen molar-refractivity contribution in [2.45, 2.75) is 6.04 Å². The highest BCUT2D eigenvalue weighted by molar-refractivity contribution is 7.10. The monoisotopic (exact) mass is 340 g/mol. The van der Waals surface area contributed by atoms with Gasteiger partial charge in [-0.2, -0.15) is 0 Å². The number of hydrogen-bond acceptors (Lipinski definition) is 4. The molecule has 1 atom stereocenters. The lowest BCUT2D eigenvalue weighted by Crippen LogP contribution is -2.34. The molecule has 0 fully saturated rings. The van der Waals surface area contributed by atoms with Crippen LogP contribution in [0.15, 0.2) is 54.2 Å². The molecule has 1 amide bonds.